The zero-order valence-corrected chi connectivity index (χ0v) is 14.6. The Kier molecular flexibility index (Phi) is 4.55. The lowest BCUT2D eigenvalue weighted by Gasteiger charge is -2.19. The molecule has 4 nitrogen and oxygen atoms in total. The summed E-state index contributed by atoms with van der Waals surface area (Å²) < 4.78 is 5.73. The van der Waals surface area contributed by atoms with Crippen LogP contribution in [0.3, 0.4) is 0 Å². The van der Waals surface area contributed by atoms with Gasteiger partial charge in [0.15, 0.2) is 0 Å². The molecule has 0 atom stereocenters. The van der Waals surface area contributed by atoms with Gasteiger partial charge in [0.25, 0.3) is 5.91 Å². The highest BCUT2D eigenvalue weighted by atomic mass is 35.5. The van der Waals surface area contributed by atoms with Crippen molar-refractivity contribution in [3.63, 3.8) is 0 Å². The van der Waals surface area contributed by atoms with Crippen molar-refractivity contribution in [3.05, 3.63) is 64.0 Å². The molecule has 0 saturated carbocycles. The fourth-order valence-electron chi connectivity index (χ4n) is 2.46. The number of carbonyl (C=O) groups is 2. The lowest BCUT2D eigenvalue weighted by Crippen LogP contribution is -2.27. The summed E-state index contributed by atoms with van der Waals surface area (Å²) in [5, 5.41) is 1.28. The van der Waals surface area contributed by atoms with Gasteiger partial charge < -0.3 is 9.64 Å². The molecule has 122 valence electrons. The number of ether oxygens (including phenoxy) is 1. The first-order valence-corrected chi connectivity index (χ1v) is 8.36. The molecule has 6 heteroatoms. The molecule has 1 amide bonds. The van der Waals surface area contributed by atoms with Crippen molar-refractivity contribution < 1.29 is 14.3 Å². The fraction of sp³-hybridized carbons (Fsp3) is 0.111. The van der Waals surface area contributed by atoms with E-state index in [1.807, 2.05) is 24.3 Å². The van der Waals surface area contributed by atoms with Crippen LogP contribution in [-0.2, 0) is 4.74 Å². The minimum atomic E-state index is -0.493. The molecule has 0 saturated heterocycles. The minimum Gasteiger partial charge on any atom is -0.465 e. The Balaban J connectivity index is 2.04. The van der Waals surface area contributed by atoms with Crippen LogP contribution in [0.15, 0.2) is 48.5 Å². The Morgan fingerprint density at radius 1 is 1.08 bits per heavy atom. The van der Waals surface area contributed by atoms with Crippen molar-refractivity contribution in [3.8, 4) is 0 Å². The number of carbonyl (C=O) groups excluding carboxylic acids is 2. The Morgan fingerprint density at radius 3 is 2.46 bits per heavy atom. The van der Waals surface area contributed by atoms with Gasteiger partial charge in [-0.2, -0.15) is 0 Å². The maximum absolute atomic E-state index is 12.9. The van der Waals surface area contributed by atoms with Gasteiger partial charge in [0.1, 0.15) is 4.88 Å². The standard InChI is InChI=1S/C18H14ClNO3S/c1-20(13-9-5-3-7-11(13)18(22)23-2)17(21)16-15(19)12-8-4-6-10-14(12)24-16/h3-10H,1-2H3. The van der Waals surface area contributed by atoms with Crippen LogP contribution in [0.25, 0.3) is 10.1 Å². The number of hydrogen-bond acceptors (Lipinski definition) is 4. The van der Waals surface area contributed by atoms with Crippen LogP contribution in [0, 0.1) is 0 Å². The first-order chi connectivity index (χ1) is 11.5. The summed E-state index contributed by atoms with van der Waals surface area (Å²) in [5.41, 5.74) is 0.802. The van der Waals surface area contributed by atoms with Crippen LogP contribution in [-0.4, -0.2) is 26.0 Å². The SMILES string of the molecule is COC(=O)c1ccccc1N(C)C(=O)c1sc2ccccc2c1Cl. The highest BCUT2D eigenvalue weighted by Crippen LogP contribution is 2.36. The summed E-state index contributed by atoms with van der Waals surface area (Å²) in [6.07, 6.45) is 0. The number of fused-ring (bicyclic) bond motifs is 1. The summed E-state index contributed by atoms with van der Waals surface area (Å²) in [6.45, 7) is 0. The van der Waals surface area contributed by atoms with Gasteiger partial charge in [-0.25, -0.2) is 4.79 Å². The van der Waals surface area contributed by atoms with E-state index in [2.05, 4.69) is 0 Å². The molecule has 0 N–H and O–H groups in total. The zero-order valence-electron chi connectivity index (χ0n) is 13.1. The summed E-state index contributed by atoms with van der Waals surface area (Å²) in [7, 11) is 2.93. The normalized spacial score (nSPS) is 10.6. The summed E-state index contributed by atoms with van der Waals surface area (Å²) in [5.74, 6) is -0.759. The highest BCUT2D eigenvalue weighted by molar-refractivity contribution is 7.21. The monoisotopic (exact) mass is 359 g/mol. The quantitative estimate of drug-likeness (QED) is 0.641. The van der Waals surface area contributed by atoms with Crippen LogP contribution >= 0.6 is 22.9 Å². The van der Waals surface area contributed by atoms with Crippen LogP contribution < -0.4 is 4.90 Å². The number of halogens is 1. The lowest BCUT2D eigenvalue weighted by molar-refractivity contribution is 0.0601. The zero-order chi connectivity index (χ0) is 17.3. The number of amides is 1. The van der Waals surface area contributed by atoms with Crippen molar-refractivity contribution in [2.75, 3.05) is 19.1 Å². The Labute approximate surface area is 148 Å². The van der Waals surface area contributed by atoms with Gasteiger partial charge in [0.2, 0.25) is 0 Å². The number of anilines is 1. The fourth-order valence-corrected chi connectivity index (χ4v) is 3.95. The van der Waals surface area contributed by atoms with Gasteiger partial charge in [-0.15, -0.1) is 11.3 Å². The number of esters is 1. The molecule has 0 fully saturated rings. The number of nitrogens with zero attached hydrogens (tertiary/aromatic N) is 1. The van der Waals surface area contributed by atoms with E-state index in [0.29, 0.717) is 21.2 Å². The number of rotatable bonds is 3. The number of hydrogen-bond donors (Lipinski definition) is 0. The lowest BCUT2D eigenvalue weighted by atomic mass is 10.1. The van der Waals surface area contributed by atoms with Crippen LogP contribution in [0.5, 0.6) is 0 Å². The third kappa shape index (κ3) is 2.77. The second-order valence-corrected chi connectivity index (χ2v) is 6.54. The van der Waals surface area contributed by atoms with E-state index in [0.717, 1.165) is 10.1 Å². The average Bonchev–Trinajstić information content (AvgIpc) is 2.97. The van der Waals surface area contributed by atoms with Gasteiger partial charge in [-0.1, -0.05) is 41.9 Å². The first-order valence-electron chi connectivity index (χ1n) is 7.17. The molecule has 0 radical (unpaired) electrons. The molecule has 0 unspecified atom stereocenters. The molecule has 0 aliphatic rings. The van der Waals surface area contributed by atoms with E-state index < -0.39 is 5.97 Å². The van der Waals surface area contributed by atoms with E-state index in [9.17, 15) is 9.59 Å². The first kappa shape index (κ1) is 16.5. The van der Waals surface area contributed by atoms with E-state index >= 15 is 0 Å². The van der Waals surface area contributed by atoms with Crippen molar-refractivity contribution in [1.82, 2.24) is 0 Å². The van der Waals surface area contributed by atoms with Crippen molar-refractivity contribution >= 4 is 50.6 Å². The molecule has 0 aliphatic heterocycles. The van der Waals surface area contributed by atoms with Gasteiger partial charge >= 0.3 is 5.97 Å². The highest BCUT2D eigenvalue weighted by Gasteiger charge is 2.24. The van der Waals surface area contributed by atoms with E-state index in [1.165, 1.54) is 23.3 Å². The van der Waals surface area contributed by atoms with E-state index in [1.54, 1.807) is 31.3 Å². The van der Waals surface area contributed by atoms with Gasteiger partial charge in [-0.3, -0.25) is 4.79 Å². The average molecular weight is 360 g/mol. The van der Waals surface area contributed by atoms with Crippen molar-refractivity contribution in [2.24, 2.45) is 0 Å². The van der Waals surface area contributed by atoms with E-state index in [-0.39, 0.29) is 5.91 Å². The third-order valence-electron chi connectivity index (χ3n) is 3.70. The molecule has 3 rings (SSSR count). The Bertz CT molecular complexity index is 935. The summed E-state index contributed by atoms with van der Waals surface area (Å²) in [4.78, 5) is 26.7. The Morgan fingerprint density at radius 2 is 1.75 bits per heavy atom. The molecule has 2 aromatic carbocycles. The second-order valence-electron chi connectivity index (χ2n) is 5.11. The summed E-state index contributed by atoms with van der Waals surface area (Å²) >= 11 is 7.72. The van der Waals surface area contributed by atoms with Crippen LogP contribution in [0.1, 0.15) is 20.0 Å². The Hall–Kier alpha value is -2.37. The van der Waals surface area contributed by atoms with Crippen LogP contribution in [0.4, 0.5) is 5.69 Å². The van der Waals surface area contributed by atoms with Crippen molar-refractivity contribution in [2.45, 2.75) is 0 Å². The second kappa shape index (κ2) is 6.63. The molecule has 1 aromatic heterocycles. The number of thiophene rings is 1. The molecular formula is C18H14ClNO3S. The van der Waals surface area contributed by atoms with Gasteiger partial charge in [0.05, 0.1) is 23.4 Å². The molecular weight excluding hydrogens is 346 g/mol. The smallest absolute Gasteiger partial charge is 0.339 e. The molecule has 1 heterocycles. The maximum atomic E-state index is 12.9. The van der Waals surface area contributed by atoms with E-state index in [4.69, 9.17) is 16.3 Å². The summed E-state index contributed by atoms with van der Waals surface area (Å²) in [6, 6.07) is 14.4. The molecule has 0 bridgehead atoms. The van der Waals surface area contributed by atoms with Gasteiger partial charge in [0, 0.05) is 17.1 Å². The maximum Gasteiger partial charge on any atom is 0.339 e. The topological polar surface area (TPSA) is 46.6 Å². The predicted molar refractivity (Wildman–Crippen MR) is 97.4 cm³/mol. The number of benzene rings is 2. The largest absolute Gasteiger partial charge is 0.465 e. The predicted octanol–water partition coefficient (Wildman–Crippen LogP) is 4.62. The number of methoxy groups -OCH3 is 1. The molecule has 0 spiro atoms. The van der Waals surface area contributed by atoms with Gasteiger partial charge in [-0.05, 0) is 18.2 Å². The third-order valence-corrected chi connectivity index (χ3v) is 5.37. The van der Waals surface area contributed by atoms with Crippen molar-refractivity contribution in [1.29, 1.82) is 0 Å². The molecule has 24 heavy (non-hydrogen) atoms. The molecule has 3 aromatic rings. The molecule has 0 aliphatic carbocycles. The van der Waals surface area contributed by atoms with Crippen LogP contribution in [0.2, 0.25) is 5.02 Å². The number of para-hydroxylation sites is 1. The minimum absolute atomic E-state index is 0.266.